The van der Waals surface area contributed by atoms with Crippen molar-refractivity contribution in [2.75, 3.05) is 24.2 Å². The van der Waals surface area contributed by atoms with Crippen molar-refractivity contribution in [2.45, 2.75) is 25.9 Å². The monoisotopic (exact) mass is 511 g/mol. The van der Waals surface area contributed by atoms with Gasteiger partial charge < -0.3 is 10.2 Å². The van der Waals surface area contributed by atoms with Crippen LogP contribution >= 0.6 is 0 Å². The largest absolute Gasteiger partial charge is 0.357 e. The fourth-order valence-electron chi connectivity index (χ4n) is 3.90. The first-order valence-corrected chi connectivity index (χ1v) is 13.3. The molecule has 3 aromatic rings. The number of benzene rings is 3. The number of nitrogens with one attached hydrogen (secondary N) is 1. The third kappa shape index (κ3) is 7.14. The van der Waals surface area contributed by atoms with E-state index in [9.17, 15) is 22.4 Å². The van der Waals surface area contributed by atoms with Crippen molar-refractivity contribution in [2.24, 2.45) is 0 Å². The number of aryl methyl sites for hydroxylation is 1. The molecule has 0 aliphatic rings. The lowest BCUT2D eigenvalue weighted by Gasteiger charge is -2.33. The summed E-state index contributed by atoms with van der Waals surface area (Å²) in [6, 6.07) is 20.8. The standard InChI is InChI=1S/C27H30FN3O4S/c1-20-8-7-11-24(16-20)31(36(3,34)35)19-26(32)30(18-22-12-14-23(28)15-13-22)25(27(33)29-2)17-21-9-5-4-6-10-21/h4-16,25H,17-19H2,1-3H3,(H,29,33)/t25-/m0/s1. The highest BCUT2D eigenvalue weighted by atomic mass is 32.2. The molecular formula is C27H30FN3O4S. The molecule has 1 atom stereocenters. The maximum atomic E-state index is 13.7. The Morgan fingerprint density at radius 2 is 1.61 bits per heavy atom. The third-order valence-electron chi connectivity index (χ3n) is 5.75. The lowest BCUT2D eigenvalue weighted by Crippen LogP contribution is -2.52. The quantitative estimate of drug-likeness (QED) is 0.453. The summed E-state index contributed by atoms with van der Waals surface area (Å²) in [5.41, 5.74) is 2.63. The number of nitrogens with zero attached hydrogens (tertiary/aromatic N) is 2. The molecule has 2 amide bonds. The van der Waals surface area contributed by atoms with Crippen molar-refractivity contribution in [1.82, 2.24) is 10.2 Å². The molecule has 0 radical (unpaired) electrons. The van der Waals surface area contributed by atoms with Crippen molar-refractivity contribution in [1.29, 1.82) is 0 Å². The first-order chi connectivity index (χ1) is 17.1. The van der Waals surface area contributed by atoms with Gasteiger partial charge in [-0.15, -0.1) is 0 Å². The molecular weight excluding hydrogens is 481 g/mol. The number of halogens is 1. The number of rotatable bonds is 10. The Hall–Kier alpha value is -3.72. The van der Waals surface area contributed by atoms with Crippen LogP contribution in [0.25, 0.3) is 0 Å². The van der Waals surface area contributed by atoms with Gasteiger partial charge in [-0.05, 0) is 47.9 Å². The zero-order valence-corrected chi connectivity index (χ0v) is 21.3. The average Bonchev–Trinajstić information content (AvgIpc) is 2.85. The molecule has 0 bridgehead atoms. The number of sulfonamides is 1. The van der Waals surface area contributed by atoms with E-state index in [1.807, 2.05) is 43.3 Å². The second kappa shape index (κ2) is 11.8. The number of hydrogen-bond donors (Lipinski definition) is 1. The van der Waals surface area contributed by atoms with Crippen molar-refractivity contribution in [3.63, 3.8) is 0 Å². The molecule has 36 heavy (non-hydrogen) atoms. The average molecular weight is 512 g/mol. The van der Waals surface area contributed by atoms with Gasteiger partial charge in [0.25, 0.3) is 0 Å². The Bertz CT molecular complexity index is 1300. The van der Waals surface area contributed by atoms with E-state index in [4.69, 9.17) is 0 Å². The van der Waals surface area contributed by atoms with Crippen LogP contribution in [-0.2, 0) is 32.6 Å². The van der Waals surface area contributed by atoms with Crippen molar-refractivity contribution < 1.29 is 22.4 Å². The Balaban J connectivity index is 2.01. The molecule has 3 rings (SSSR count). The van der Waals surface area contributed by atoms with Crippen LogP contribution < -0.4 is 9.62 Å². The number of amides is 2. The topological polar surface area (TPSA) is 86.8 Å². The number of likely N-dealkylation sites (N-methyl/N-ethyl adjacent to an activating group) is 1. The Labute approximate surface area is 211 Å². The van der Waals surface area contributed by atoms with E-state index in [-0.39, 0.29) is 13.0 Å². The van der Waals surface area contributed by atoms with Gasteiger partial charge in [0.05, 0.1) is 11.9 Å². The smallest absolute Gasteiger partial charge is 0.244 e. The molecule has 0 aliphatic carbocycles. The SMILES string of the molecule is CNC(=O)[C@H](Cc1ccccc1)N(Cc1ccc(F)cc1)C(=O)CN(c1cccc(C)c1)S(C)(=O)=O. The third-order valence-corrected chi connectivity index (χ3v) is 6.89. The number of carbonyl (C=O) groups is 2. The summed E-state index contributed by atoms with van der Waals surface area (Å²) >= 11 is 0. The van der Waals surface area contributed by atoms with Gasteiger partial charge in [-0.1, -0.05) is 54.6 Å². The fourth-order valence-corrected chi connectivity index (χ4v) is 4.75. The molecule has 0 fully saturated rings. The van der Waals surface area contributed by atoms with Gasteiger partial charge in [-0.3, -0.25) is 13.9 Å². The van der Waals surface area contributed by atoms with Gasteiger partial charge in [-0.25, -0.2) is 12.8 Å². The number of carbonyl (C=O) groups excluding carboxylic acids is 2. The number of anilines is 1. The minimum Gasteiger partial charge on any atom is -0.357 e. The molecule has 0 unspecified atom stereocenters. The Morgan fingerprint density at radius 1 is 0.944 bits per heavy atom. The van der Waals surface area contributed by atoms with Gasteiger partial charge in [-0.2, -0.15) is 0 Å². The van der Waals surface area contributed by atoms with Crippen LogP contribution in [0.4, 0.5) is 10.1 Å². The Morgan fingerprint density at radius 3 is 2.19 bits per heavy atom. The van der Waals surface area contributed by atoms with Crippen LogP contribution in [-0.4, -0.2) is 51.0 Å². The maximum absolute atomic E-state index is 13.7. The van der Waals surface area contributed by atoms with E-state index in [1.54, 1.807) is 18.2 Å². The molecule has 1 N–H and O–H groups in total. The van der Waals surface area contributed by atoms with Crippen molar-refractivity contribution in [3.8, 4) is 0 Å². The summed E-state index contributed by atoms with van der Waals surface area (Å²) in [5, 5.41) is 2.61. The van der Waals surface area contributed by atoms with Gasteiger partial charge in [0.2, 0.25) is 21.8 Å². The normalized spacial score (nSPS) is 12.0. The van der Waals surface area contributed by atoms with Crippen molar-refractivity contribution >= 4 is 27.5 Å². The minimum absolute atomic E-state index is 0.00451. The molecule has 0 spiro atoms. The molecule has 190 valence electrons. The Kier molecular flexibility index (Phi) is 8.82. The first kappa shape index (κ1) is 26.9. The zero-order valence-electron chi connectivity index (χ0n) is 20.5. The van der Waals surface area contributed by atoms with E-state index in [0.717, 1.165) is 21.7 Å². The van der Waals surface area contributed by atoms with E-state index < -0.39 is 40.2 Å². The molecule has 0 aromatic heterocycles. The molecule has 0 heterocycles. The molecule has 0 aliphatic heterocycles. The fraction of sp³-hybridized carbons (Fsp3) is 0.259. The van der Waals surface area contributed by atoms with Crippen molar-refractivity contribution in [3.05, 3.63) is 101 Å². The zero-order chi connectivity index (χ0) is 26.3. The minimum atomic E-state index is -3.82. The van der Waals surface area contributed by atoms with E-state index in [1.165, 1.54) is 36.2 Å². The summed E-state index contributed by atoms with van der Waals surface area (Å²) in [5.74, 6) is -1.38. The molecule has 0 saturated carbocycles. The second-order valence-electron chi connectivity index (χ2n) is 8.58. The van der Waals surface area contributed by atoms with E-state index in [0.29, 0.717) is 11.3 Å². The van der Waals surface area contributed by atoms with Crippen LogP contribution in [0.2, 0.25) is 0 Å². The van der Waals surface area contributed by atoms with Crippen LogP contribution in [0.1, 0.15) is 16.7 Å². The summed E-state index contributed by atoms with van der Waals surface area (Å²) in [6.07, 6.45) is 1.25. The highest BCUT2D eigenvalue weighted by Gasteiger charge is 2.32. The second-order valence-corrected chi connectivity index (χ2v) is 10.5. The first-order valence-electron chi connectivity index (χ1n) is 11.4. The number of hydrogen-bond acceptors (Lipinski definition) is 4. The van der Waals surface area contributed by atoms with E-state index >= 15 is 0 Å². The molecule has 7 nitrogen and oxygen atoms in total. The predicted octanol–water partition coefficient (Wildman–Crippen LogP) is 3.29. The lowest BCUT2D eigenvalue weighted by atomic mass is 10.0. The molecule has 9 heteroatoms. The van der Waals surface area contributed by atoms with Crippen LogP contribution in [0, 0.1) is 12.7 Å². The molecule has 0 saturated heterocycles. The molecule has 3 aromatic carbocycles. The predicted molar refractivity (Wildman–Crippen MR) is 138 cm³/mol. The summed E-state index contributed by atoms with van der Waals surface area (Å²) in [7, 11) is -2.33. The summed E-state index contributed by atoms with van der Waals surface area (Å²) in [6.45, 7) is 1.33. The maximum Gasteiger partial charge on any atom is 0.244 e. The van der Waals surface area contributed by atoms with Gasteiger partial charge in [0.1, 0.15) is 18.4 Å². The van der Waals surface area contributed by atoms with Crippen LogP contribution in [0.15, 0.2) is 78.9 Å². The van der Waals surface area contributed by atoms with Gasteiger partial charge in [0, 0.05) is 20.0 Å². The van der Waals surface area contributed by atoms with E-state index in [2.05, 4.69) is 5.32 Å². The summed E-state index contributed by atoms with van der Waals surface area (Å²) in [4.78, 5) is 28.1. The highest BCUT2D eigenvalue weighted by molar-refractivity contribution is 7.92. The van der Waals surface area contributed by atoms with Crippen LogP contribution in [0.5, 0.6) is 0 Å². The van der Waals surface area contributed by atoms with Crippen LogP contribution in [0.3, 0.4) is 0 Å². The van der Waals surface area contributed by atoms with Gasteiger partial charge >= 0.3 is 0 Å². The lowest BCUT2D eigenvalue weighted by molar-refractivity contribution is -0.139. The van der Waals surface area contributed by atoms with Gasteiger partial charge in [0.15, 0.2) is 0 Å². The highest BCUT2D eigenvalue weighted by Crippen LogP contribution is 2.21. The summed E-state index contributed by atoms with van der Waals surface area (Å²) < 4.78 is 39.9.